The zero-order valence-electron chi connectivity index (χ0n) is 16.9. The molecule has 29 heavy (non-hydrogen) atoms. The van der Waals surface area contributed by atoms with E-state index >= 15 is 0 Å². The van der Waals surface area contributed by atoms with Crippen molar-refractivity contribution in [2.75, 3.05) is 5.32 Å². The largest absolute Gasteiger partial charge is 0.464 e. The van der Waals surface area contributed by atoms with E-state index in [1.807, 2.05) is 26.0 Å². The van der Waals surface area contributed by atoms with Gasteiger partial charge >= 0.3 is 0 Å². The molecule has 0 saturated heterocycles. The second-order valence-electron chi connectivity index (χ2n) is 7.90. The number of benzene rings is 2. The number of nitrogens with one attached hydrogen (secondary N) is 2. The molecule has 1 aliphatic carbocycles. The first-order chi connectivity index (χ1) is 14.0. The Hall–Kier alpha value is -3.08. The average molecular weight is 390 g/mol. The molecule has 2 N–H and O–H groups in total. The minimum absolute atomic E-state index is 0.0506. The second kappa shape index (κ2) is 8.11. The van der Waals surface area contributed by atoms with Gasteiger partial charge < -0.3 is 15.1 Å². The number of hydrogen-bond donors (Lipinski definition) is 2. The van der Waals surface area contributed by atoms with Crippen molar-refractivity contribution in [3.05, 3.63) is 64.9 Å². The molecule has 5 nitrogen and oxygen atoms in total. The summed E-state index contributed by atoms with van der Waals surface area (Å²) >= 11 is 0. The van der Waals surface area contributed by atoms with Gasteiger partial charge in [0.2, 0.25) is 5.91 Å². The number of amides is 2. The smallest absolute Gasteiger partial charge is 0.251 e. The van der Waals surface area contributed by atoms with E-state index in [9.17, 15) is 9.59 Å². The van der Waals surface area contributed by atoms with E-state index < -0.39 is 0 Å². The van der Waals surface area contributed by atoms with Crippen LogP contribution in [0.4, 0.5) is 5.69 Å². The first-order valence-corrected chi connectivity index (χ1v) is 10.2. The molecule has 5 heteroatoms. The van der Waals surface area contributed by atoms with Crippen LogP contribution in [-0.2, 0) is 11.2 Å². The van der Waals surface area contributed by atoms with Gasteiger partial charge in [-0.1, -0.05) is 25.0 Å². The van der Waals surface area contributed by atoms with Gasteiger partial charge in [-0.2, -0.15) is 0 Å². The van der Waals surface area contributed by atoms with Crippen LogP contribution in [0.2, 0.25) is 0 Å². The van der Waals surface area contributed by atoms with Crippen molar-refractivity contribution in [1.29, 1.82) is 0 Å². The molecule has 150 valence electrons. The van der Waals surface area contributed by atoms with Crippen LogP contribution >= 0.6 is 0 Å². The van der Waals surface area contributed by atoms with Crippen LogP contribution in [0.5, 0.6) is 0 Å². The summed E-state index contributed by atoms with van der Waals surface area (Å²) in [5.41, 5.74) is 5.26. The van der Waals surface area contributed by atoms with Crippen LogP contribution in [0, 0.1) is 13.8 Å². The predicted molar refractivity (Wildman–Crippen MR) is 114 cm³/mol. The molecular formula is C24H26N2O3. The van der Waals surface area contributed by atoms with Crippen LogP contribution in [0.25, 0.3) is 11.0 Å². The van der Waals surface area contributed by atoms with E-state index in [1.165, 1.54) is 18.4 Å². The Bertz CT molecular complexity index is 1040. The van der Waals surface area contributed by atoms with Crippen molar-refractivity contribution in [3.8, 4) is 0 Å². The fraction of sp³-hybridized carbons (Fsp3) is 0.333. The summed E-state index contributed by atoms with van der Waals surface area (Å²) in [6.07, 6.45) is 6.37. The van der Waals surface area contributed by atoms with E-state index in [2.05, 4.69) is 10.6 Å². The lowest BCUT2D eigenvalue weighted by Crippen LogP contribution is -2.32. The highest BCUT2D eigenvalue weighted by molar-refractivity contribution is 5.97. The number of carbonyl (C=O) groups excluding carboxylic acids is 2. The van der Waals surface area contributed by atoms with Gasteiger partial charge in [0.1, 0.15) is 5.58 Å². The molecule has 2 aromatic carbocycles. The summed E-state index contributed by atoms with van der Waals surface area (Å²) in [5, 5.41) is 6.95. The molecule has 0 spiro atoms. The van der Waals surface area contributed by atoms with E-state index in [4.69, 9.17) is 4.42 Å². The van der Waals surface area contributed by atoms with E-state index in [-0.39, 0.29) is 18.2 Å². The molecule has 1 heterocycles. The molecule has 0 atom stereocenters. The predicted octanol–water partition coefficient (Wildman–Crippen LogP) is 4.90. The highest BCUT2D eigenvalue weighted by Crippen LogP contribution is 2.27. The van der Waals surface area contributed by atoms with Gasteiger partial charge in [-0.25, -0.2) is 0 Å². The Kier molecular flexibility index (Phi) is 5.38. The quantitative estimate of drug-likeness (QED) is 0.651. The summed E-state index contributed by atoms with van der Waals surface area (Å²) in [5.74, 6) is -0.167. The van der Waals surface area contributed by atoms with Crippen molar-refractivity contribution in [1.82, 2.24) is 5.32 Å². The fourth-order valence-corrected chi connectivity index (χ4v) is 3.95. The Labute approximate surface area is 170 Å². The van der Waals surface area contributed by atoms with Crippen LogP contribution in [0.15, 0.2) is 47.1 Å². The summed E-state index contributed by atoms with van der Waals surface area (Å²) < 4.78 is 5.68. The summed E-state index contributed by atoms with van der Waals surface area (Å²) in [6, 6.07) is 11.4. The van der Waals surface area contributed by atoms with Gasteiger partial charge in [0.25, 0.3) is 5.91 Å². The maximum Gasteiger partial charge on any atom is 0.251 e. The van der Waals surface area contributed by atoms with Crippen LogP contribution in [0.1, 0.15) is 52.7 Å². The average Bonchev–Trinajstić information content (AvgIpc) is 3.35. The molecule has 1 fully saturated rings. The third-order valence-corrected chi connectivity index (χ3v) is 5.81. The number of anilines is 1. The van der Waals surface area contributed by atoms with Crippen LogP contribution < -0.4 is 10.6 Å². The van der Waals surface area contributed by atoms with Gasteiger partial charge in [0.15, 0.2) is 0 Å². The van der Waals surface area contributed by atoms with Crippen molar-refractivity contribution in [2.24, 2.45) is 0 Å². The topological polar surface area (TPSA) is 71.3 Å². The summed E-state index contributed by atoms with van der Waals surface area (Å²) in [4.78, 5) is 24.8. The first kappa shape index (κ1) is 19.2. The molecule has 0 bridgehead atoms. The minimum Gasteiger partial charge on any atom is -0.464 e. The summed E-state index contributed by atoms with van der Waals surface area (Å²) in [6.45, 7) is 4.07. The number of hydrogen-bond acceptors (Lipinski definition) is 3. The number of fused-ring (bicyclic) bond motifs is 1. The van der Waals surface area contributed by atoms with Gasteiger partial charge in [-0.3, -0.25) is 9.59 Å². The van der Waals surface area contributed by atoms with E-state index in [1.54, 1.807) is 30.5 Å². The highest BCUT2D eigenvalue weighted by atomic mass is 16.3. The van der Waals surface area contributed by atoms with Crippen molar-refractivity contribution >= 4 is 28.5 Å². The fourth-order valence-electron chi connectivity index (χ4n) is 3.95. The molecule has 0 radical (unpaired) electrons. The molecule has 1 aromatic heterocycles. The molecule has 1 saturated carbocycles. The first-order valence-electron chi connectivity index (χ1n) is 10.2. The van der Waals surface area contributed by atoms with Crippen molar-refractivity contribution in [2.45, 2.75) is 52.0 Å². The lowest BCUT2D eigenvalue weighted by atomic mass is 10.0. The standard InChI is InChI=1S/C24H26N2O3/c1-15-7-12-21-18(14-29-23(21)16(15)2)13-22(27)25-20-10-8-17(9-11-20)24(28)26-19-5-3-4-6-19/h7-12,14,19H,3-6,13H2,1-2H3,(H,25,27)(H,26,28). The minimum atomic E-state index is -0.117. The zero-order chi connectivity index (χ0) is 20.4. The number of aryl methyl sites for hydroxylation is 2. The van der Waals surface area contributed by atoms with Gasteiger partial charge in [0, 0.05) is 28.2 Å². The Morgan fingerprint density at radius 2 is 1.76 bits per heavy atom. The molecular weight excluding hydrogens is 364 g/mol. The highest BCUT2D eigenvalue weighted by Gasteiger charge is 2.18. The molecule has 1 aliphatic rings. The van der Waals surface area contributed by atoms with Crippen molar-refractivity contribution < 1.29 is 14.0 Å². The Balaban J connectivity index is 1.38. The molecule has 2 amide bonds. The lowest BCUT2D eigenvalue weighted by Gasteiger charge is -2.12. The summed E-state index contributed by atoms with van der Waals surface area (Å²) in [7, 11) is 0. The lowest BCUT2D eigenvalue weighted by molar-refractivity contribution is -0.115. The second-order valence-corrected chi connectivity index (χ2v) is 7.90. The molecule has 0 aliphatic heterocycles. The maximum atomic E-state index is 12.5. The molecule has 0 unspecified atom stereocenters. The number of furan rings is 1. The SMILES string of the molecule is Cc1ccc2c(CC(=O)Nc3ccc(C(=O)NC4CCCC4)cc3)coc2c1C. The van der Waals surface area contributed by atoms with Crippen LogP contribution in [-0.4, -0.2) is 17.9 Å². The van der Waals surface area contributed by atoms with E-state index in [0.29, 0.717) is 17.3 Å². The molecule has 3 aromatic rings. The van der Waals surface area contributed by atoms with Crippen molar-refractivity contribution in [3.63, 3.8) is 0 Å². The van der Waals surface area contributed by atoms with Gasteiger partial charge in [-0.05, 0) is 62.1 Å². The molecule has 4 rings (SSSR count). The van der Waals surface area contributed by atoms with Gasteiger partial charge in [-0.15, -0.1) is 0 Å². The Morgan fingerprint density at radius 3 is 2.48 bits per heavy atom. The third kappa shape index (κ3) is 4.19. The number of carbonyl (C=O) groups is 2. The number of rotatable bonds is 5. The van der Waals surface area contributed by atoms with Crippen LogP contribution in [0.3, 0.4) is 0 Å². The van der Waals surface area contributed by atoms with Gasteiger partial charge in [0.05, 0.1) is 12.7 Å². The normalized spacial score (nSPS) is 14.3. The zero-order valence-corrected chi connectivity index (χ0v) is 16.9. The monoisotopic (exact) mass is 390 g/mol. The Morgan fingerprint density at radius 1 is 1.03 bits per heavy atom. The maximum absolute atomic E-state index is 12.5. The van der Waals surface area contributed by atoms with E-state index in [0.717, 1.165) is 34.9 Å². The third-order valence-electron chi connectivity index (χ3n) is 5.81.